The van der Waals surface area contributed by atoms with Gasteiger partial charge in [0.05, 0.1) is 0 Å². The Labute approximate surface area is 209 Å². The standard InChI is InChI=1S/C24H24ClF3N4O4/c1-3-4-12-31-21(33)19-20(30(2)23(31)34)29-22(32(19)14-15-8-10-16(25)11-9-15)35-17-6-5-7-18(13-17)36-24(26,27)28/h5-11,13,22,29H,3-4,12,14H2,1-2H3. The summed E-state index contributed by atoms with van der Waals surface area (Å²) in [6.07, 6.45) is -4.42. The Bertz CT molecular complexity index is 1360. The molecule has 0 fully saturated rings. The highest BCUT2D eigenvalue weighted by Crippen LogP contribution is 2.34. The maximum atomic E-state index is 13.4. The first kappa shape index (κ1) is 25.5. The minimum atomic E-state index is -4.86. The number of halogens is 4. The van der Waals surface area contributed by atoms with E-state index in [4.69, 9.17) is 16.3 Å². The van der Waals surface area contributed by atoms with E-state index in [1.165, 1.54) is 28.3 Å². The number of hydrogen-bond acceptors (Lipinski definition) is 6. The number of rotatable bonds is 8. The average Bonchev–Trinajstić information content (AvgIpc) is 3.16. The van der Waals surface area contributed by atoms with E-state index in [1.54, 1.807) is 29.2 Å². The number of nitrogens with zero attached hydrogens (tertiary/aromatic N) is 3. The van der Waals surface area contributed by atoms with Gasteiger partial charge in [0.1, 0.15) is 23.0 Å². The molecule has 1 N–H and O–H groups in total. The molecule has 0 bridgehead atoms. The topological polar surface area (TPSA) is 77.7 Å². The zero-order valence-electron chi connectivity index (χ0n) is 19.5. The van der Waals surface area contributed by atoms with E-state index in [2.05, 4.69) is 10.1 Å². The Morgan fingerprint density at radius 3 is 2.44 bits per heavy atom. The van der Waals surface area contributed by atoms with Crippen LogP contribution in [0.5, 0.6) is 11.5 Å². The number of unbranched alkanes of at least 4 members (excludes halogenated alkanes) is 1. The molecule has 12 heteroatoms. The van der Waals surface area contributed by atoms with E-state index < -0.39 is 29.7 Å². The van der Waals surface area contributed by atoms with Crippen LogP contribution < -0.4 is 30.9 Å². The molecule has 3 aromatic rings. The molecule has 4 rings (SSSR count). The van der Waals surface area contributed by atoms with Gasteiger partial charge in [0.15, 0.2) is 0 Å². The first-order valence-electron chi connectivity index (χ1n) is 11.2. The van der Waals surface area contributed by atoms with Crippen LogP contribution in [0.1, 0.15) is 25.3 Å². The van der Waals surface area contributed by atoms with Crippen LogP contribution in [-0.2, 0) is 20.1 Å². The summed E-state index contributed by atoms with van der Waals surface area (Å²) in [5.74, 6) is -0.132. The molecule has 0 radical (unpaired) electrons. The molecule has 8 nitrogen and oxygen atoms in total. The van der Waals surface area contributed by atoms with Crippen molar-refractivity contribution in [3.05, 3.63) is 80.0 Å². The van der Waals surface area contributed by atoms with Crippen LogP contribution in [0.15, 0.2) is 58.1 Å². The van der Waals surface area contributed by atoms with E-state index in [-0.39, 0.29) is 30.3 Å². The van der Waals surface area contributed by atoms with Crippen molar-refractivity contribution < 1.29 is 22.6 Å². The van der Waals surface area contributed by atoms with Gasteiger partial charge in [0.2, 0.25) is 0 Å². The van der Waals surface area contributed by atoms with Gasteiger partial charge in [-0.15, -0.1) is 13.2 Å². The predicted octanol–water partition coefficient (Wildman–Crippen LogP) is 4.69. The first-order valence-corrected chi connectivity index (χ1v) is 11.6. The second-order valence-corrected chi connectivity index (χ2v) is 8.68. The summed E-state index contributed by atoms with van der Waals surface area (Å²) in [6, 6.07) is 12.0. The van der Waals surface area contributed by atoms with E-state index in [0.29, 0.717) is 11.4 Å². The molecule has 0 amide bonds. The molecule has 1 aliphatic heterocycles. The minimum absolute atomic E-state index is 0.0690. The van der Waals surface area contributed by atoms with Crippen LogP contribution in [0.25, 0.3) is 0 Å². The van der Waals surface area contributed by atoms with Crippen LogP contribution in [0.3, 0.4) is 0 Å². The lowest BCUT2D eigenvalue weighted by atomic mass is 10.2. The molecule has 1 aromatic heterocycles. The number of anilines is 2. The molecule has 2 heterocycles. The van der Waals surface area contributed by atoms with Gasteiger partial charge in [-0.2, -0.15) is 0 Å². The summed E-state index contributed by atoms with van der Waals surface area (Å²) in [6.45, 7) is 2.41. The van der Waals surface area contributed by atoms with E-state index in [1.807, 2.05) is 6.92 Å². The zero-order valence-corrected chi connectivity index (χ0v) is 20.3. The molecule has 192 valence electrons. The minimum Gasteiger partial charge on any atom is -0.452 e. The summed E-state index contributed by atoms with van der Waals surface area (Å²) in [7, 11) is 1.54. The molecular weight excluding hydrogens is 501 g/mol. The van der Waals surface area contributed by atoms with Gasteiger partial charge in [-0.3, -0.25) is 13.9 Å². The van der Waals surface area contributed by atoms with Crippen LogP contribution in [0, 0.1) is 0 Å². The van der Waals surface area contributed by atoms with Crippen LogP contribution in [0.2, 0.25) is 5.02 Å². The molecule has 1 aliphatic rings. The third-order valence-corrected chi connectivity index (χ3v) is 5.90. The molecule has 1 unspecified atom stereocenters. The predicted molar refractivity (Wildman–Crippen MR) is 130 cm³/mol. The second-order valence-electron chi connectivity index (χ2n) is 8.24. The van der Waals surface area contributed by atoms with Crippen LogP contribution in [0.4, 0.5) is 24.7 Å². The van der Waals surface area contributed by atoms with Gasteiger partial charge in [-0.25, -0.2) is 4.79 Å². The van der Waals surface area contributed by atoms with Gasteiger partial charge in [-0.1, -0.05) is 43.1 Å². The van der Waals surface area contributed by atoms with Crippen molar-refractivity contribution in [2.75, 3.05) is 10.2 Å². The highest BCUT2D eigenvalue weighted by molar-refractivity contribution is 6.30. The van der Waals surface area contributed by atoms with Crippen molar-refractivity contribution in [1.29, 1.82) is 0 Å². The first-order chi connectivity index (χ1) is 17.1. The SMILES string of the molecule is CCCCn1c(=O)c2c(n(C)c1=O)NC(Oc1cccc(OC(F)(F)F)c1)N2Cc1ccc(Cl)cc1. The fourth-order valence-electron chi connectivity index (χ4n) is 3.92. The zero-order chi connectivity index (χ0) is 26.0. The summed E-state index contributed by atoms with van der Waals surface area (Å²) in [4.78, 5) is 28.0. The summed E-state index contributed by atoms with van der Waals surface area (Å²) >= 11 is 6.00. The average molecular weight is 525 g/mol. The normalized spacial score (nSPS) is 14.9. The lowest BCUT2D eigenvalue weighted by Gasteiger charge is -2.27. The number of hydrogen-bond donors (Lipinski definition) is 1. The molecule has 0 aliphatic carbocycles. The molecular formula is C24H24ClF3N4O4. The van der Waals surface area contributed by atoms with Crippen molar-refractivity contribution in [2.45, 2.75) is 45.6 Å². The van der Waals surface area contributed by atoms with Crippen molar-refractivity contribution in [3.8, 4) is 11.5 Å². The number of alkyl halides is 3. The Kier molecular flexibility index (Phi) is 7.21. The summed E-state index contributed by atoms with van der Waals surface area (Å²) in [5, 5.41) is 3.57. The fraction of sp³-hybridized carbons (Fsp3) is 0.333. The highest BCUT2D eigenvalue weighted by atomic mass is 35.5. The number of ether oxygens (including phenoxy) is 2. The van der Waals surface area contributed by atoms with Gasteiger partial charge >= 0.3 is 12.1 Å². The van der Waals surface area contributed by atoms with Gasteiger partial charge in [-0.05, 0) is 36.2 Å². The molecule has 0 spiro atoms. The monoisotopic (exact) mass is 524 g/mol. The van der Waals surface area contributed by atoms with Crippen LogP contribution in [-0.4, -0.2) is 21.8 Å². The summed E-state index contributed by atoms with van der Waals surface area (Å²) in [5.41, 5.74) is 0.0525. The van der Waals surface area contributed by atoms with Crippen molar-refractivity contribution in [3.63, 3.8) is 0 Å². The molecule has 0 saturated carbocycles. The van der Waals surface area contributed by atoms with Gasteiger partial charge < -0.3 is 19.7 Å². The number of fused-ring (bicyclic) bond motifs is 1. The van der Waals surface area contributed by atoms with Crippen molar-refractivity contribution >= 4 is 23.1 Å². The van der Waals surface area contributed by atoms with E-state index in [9.17, 15) is 22.8 Å². The Morgan fingerprint density at radius 2 is 1.78 bits per heavy atom. The lowest BCUT2D eigenvalue weighted by molar-refractivity contribution is -0.274. The van der Waals surface area contributed by atoms with Crippen molar-refractivity contribution in [1.82, 2.24) is 9.13 Å². The number of aromatic nitrogens is 2. The third kappa shape index (κ3) is 5.46. The molecule has 2 aromatic carbocycles. The maximum Gasteiger partial charge on any atom is 0.573 e. The number of nitrogens with one attached hydrogen (secondary N) is 1. The molecule has 36 heavy (non-hydrogen) atoms. The Balaban J connectivity index is 1.74. The largest absolute Gasteiger partial charge is 0.573 e. The lowest BCUT2D eigenvalue weighted by Crippen LogP contribution is -2.43. The molecule has 0 saturated heterocycles. The highest BCUT2D eigenvalue weighted by Gasteiger charge is 2.37. The smallest absolute Gasteiger partial charge is 0.452 e. The van der Waals surface area contributed by atoms with E-state index in [0.717, 1.165) is 24.1 Å². The Morgan fingerprint density at radius 1 is 1.08 bits per heavy atom. The van der Waals surface area contributed by atoms with Gasteiger partial charge in [0, 0.05) is 31.2 Å². The second kappa shape index (κ2) is 10.2. The maximum absolute atomic E-state index is 13.4. The Hall–Kier alpha value is -3.60. The van der Waals surface area contributed by atoms with E-state index >= 15 is 0 Å². The van der Waals surface area contributed by atoms with Crippen molar-refractivity contribution in [2.24, 2.45) is 7.05 Å². The van der Waals surface area contributed by atoms with Gasteiger partial charge in [0.25, 0.3) is 11.9 Å². The molecule has 1 atom stereocenters. The number of benzene rings is 2. The summed E-state index contributed by atoms with van der Waals surface area (Å²) < 4.78 is 50.5. The van der Waals surface area contributed by atoms with Crippen LogP contribution >= 0.6 is 11.6 Å². The fourth-order valence-corrected chi connectivity index (χ4v) is 4.04. The third-order valence-electron chi connectivity index (χ3n) is 5.64. The quantitative estimate of drug-likeness (QED) is 0.460.